The van der Waals surface area contributed by atoms with Crippen LogP contribution in [-0.2, 0) is 13.2 Å². The third-order valence-electron chi connectivity index (χ3n) is 2.98. The Bertz CT molecular complexity index is 306. The zero-order chi connectivity index (χ0) is 11.2. The fourth-order valence-electron chi connectivity index (χ4n) is 2.06. The summed E-state index contributed by atoms with van der Waals surface area (Å²) < 4.78 is 5.38. The second-order valence-electron chi connectivity index (χ2n) is 4.25. The molecule has 2 rings (SSSR count). The molecule has 0 spiro atoms. The average molecular weight is 224 g/mol. The van der Waals surface area contributed by atoms with E-state index in [4.69, 9.17) is 9.52 Å². The lowest BCUT2D eigenvalue weighted by Crippen LogP contribution is -2.29. The molecule has 1 aliphatic heterocycles. The Balaban J connectivity index is 1.60. The van der Waals surface area contributed by atoms with E-state index in [1.54, 1.807) is 0 Å². The highest BCUT2D eigenvalue weighted by Crippen LogP contribution is 2.07. The molecule has 1 fully saturated rings. The van der Waals surface area contributed by atoms with Crippen molar-refractivity contribution in [1.82, 2.24) is 10.2 Å². The third-order valence-corrected chi connectivity index (χ3v) is 2.98. The molecule has 0 unspecified atom stereocenters. The van der Waals surface area contributed by atoms with Gasteiger partial charge < -0.3 is 19.7 Å². The van der Waals surface area contributed by atoms with Crippen molar-refractivity contribution in [1.29, 1.82) is 0 Å². The number of nitrogens with zero attached hydrogens (tertiary/aromatic N) is 1. The van der Waals surface area contributed by atoms with Crippen LogP contribution in [0.25, 0.3) is 0 Å². The Morgan fingerprint density at radius 1 is 1.25 bits per heavy atom. The van der Waals surface area contributed by atoms with Crippen molar-refractivity contribution in [2.24, 2.45) is 0 Å². The molecule has 0 radical (unpaired) electrons. The van der Waals surface area contributed by atoms with Crippen molar-refractivity contribution < 1.29 is 9.52 Å². The molecular weight excluding hydrogens is 204 g/mol. The summed E-state index contributed by atoms with van der Waals surface area (Å²) in [6, 6.07) is 3.73. The lowest BCUT2D eigenvalue weighted by Gasteiger charge is -2.14. The fraction of sp³-hybridized carbons (Fsp3) is 0.667. The number of hydrogen-bond donors (Lipinski definition) is 2. The summed E-state index contributed by atoms with van der Waals surface area (Å²) >= 11 is 0. The van der Waals surface area contributed by atoms with Crippen molar-refractivity contribution in [3.05, 3.63) is 23.7 Å². The largest absolute Gasteiger partial charge is 0.462 e. The standard InChI is InChI=1S/C12H20N2O2/c15-10-12-4-3-11(16-12)9-13-5-8-14-6-1-2-7-14/h3-4,13,15H,1-2,5-10H2. The van der Waals surface area contributed by atoms with Crippen LogP contribution >= 0.6 is 0 Å². The summed E-state index contributed by atoms with van der Waals surface area (Å²) in [5.74, 6) is 1.53. The first-order valence-electron chi connectivity index (χ1n) is 6.00. The number of aliphatic hydroxyl groups is 1. The van der Waals surface area contributed by atoms with Gasteiger partial charge in [-0.05, 0) is 38.1 Å². The number of hydrogen-bond acceptors (Lipinski definition) is 4. The SMILES string of the molecule is OCc1ccc(CNCCN2CCCC2)o1. The van der Waals surface area contributed by atoms with Crippen LogP contribution in [0.5, 0.6) is 0 Å². The Labute approximate surface area is 96.2 Å². The van der Waals surface area contributed by atoms with Crippen molar-refractivity contribution in [3.8, 4) is 0 Å². The molecule has 2 N–H and O–H groups in total. The second-order valence-corrected chi connectivity index (χ2v) is 4.25. The minimum Gasteiger partial charge on any atom is -0.462 e. The van der Waals surface area contributed by atoms with E-state index in [0.29, 0.717) is 5.76 Å². The monoisotopic (exact) mass is 224 g/mol. The van der Waals surface area contributed by atoms with Crippen molar-refractivity contribution in [2.45, 2.75) is 26.0 Å². The highest BCUT2D eigenvalue weighted by atomic mass is 16.4. The van der Waals surface area contributed by atoms with Gasteiger partial charge in [-0.15, -0.1) is 0 Å². The average Bonchev–Trinajstić information content (AvgIpc) is 2.95. The maximum absolute atomic E-state index is 8.85. The minimum absolute atomic E-state index is 0.0201. The Morgan fingerprint density at radius 2 is 2.00 bits per heavy atom. The molecule has 0 bridgehead atoms. The molecule has 0 aliphatic carbocycles. The molecule has 0 aromatic carbocycles. The van der Waals surface area contributed by atoms with Crippen LogP contribution in [-0.4, -0.2) is 36.2 Å². The highest BCUT2D eigenvalue weighted by Gasteiger charge is 2.10. The first kappa shape index (κ1) is 11.6. The van der Waals surface area contributed by atoms with Crippen LogP contribution < -0.4 is 5.32 Å². The predicted molar refractivity (Wildman–Crippen MR) is 62.0 cm³/mol. The van der Waals surface area contributed by atoms with Crippen LogP contribution in [0.15, 0.2) is 16.5 Å². The third kappa shape index (κ3) is 3.33. The van der Waals surface area contributed by atoms with Crippen LogP contribution in [0, 0.1) is 0 Å². The zero-order valence-corrected chi connectivity index (χ0v) is 9.61. The van der Waals surface area contributed by atoms with E-state index in [1.165, 1.54) is 25.9 Å². The predicted octanol–water partition coefficient (Wildman–Crippen LogP) is 0.957. The lowest BCUT2D eigenvalue weighted by molar-refractivity contribution is 0.242. The van der Waals surface area contributed by atoms with E-state index in [1.807, 2.05) is 12.1 Å². The molecule has 1 aromatic rings. The summed E-state index contributed by atoms with van der Waals surface area (Å²) in [7, 11) is 0. The molecule has 1 saturated heterocycles. The molecule has 0 saturated carbocycles. The molecule has 0 atom stereocenters. The molecular formula is C12H20N2O2. The summed E-state index contributed by atoms with van der Waals surface area (Å²) in [5, 5.41) is 12.2. The van der Waals surface area contributed by atoms with Gasteiger partial charge in [0.2, 0.25) is 0 Å². The van der Waals surface area contributed by atoms with Gasteiger partial charge in [0.05, 0.1) is 6.54 Å². The van der Waals surface area contributed by atoms with E-state index in [0.717, 1.165) is 25.4 Å². The molecule has 1 aliphatic rings. The van der Waals surface area contributed by atoms with E-state index >= 15 is 0 Å². The van der Waals surface area contributed by atoms with Gasteiger partial charge in [-0.25, -0.2) is 0 Å². The van der Waals surface area contributed by atoms with Gasteiger partial charge in [0, 0.05) is 13.1 Å². The number of aliphatic hydroxyl groups excluding tert-OH is 1. The number of nitrogens with one attached hydrogen (secondary N) is 1. The summed E-state index contributed by atoms with van der Waals surface area (Å²) in [5.41, 5.74) is 0. The van der Waals surface area contributed by atoms with Crippen molar-refractivity contribution in [3.63, 3.8) is 0 Å². The number of rotatable bonds is 6. The van der Waals surface area contributed by atoms with Crippen LogP contribution in [0.2, 0.25) is 0 Å². The maximum Gasteiger partial charge on any atom is 0.129 e. The summed E-state index contributed by atoms with van der Waals surface area (Å²) in [6.07, 6.45) is 2.69. The molecule has 4 heteroatoms. The van der Waals surface area contributed by atoms with Gasteiger partial charge in [0.1, 0.15) is 18.1 Å². The van der Waals surface area contributed by atoms with Crippen LogP contribution in [0.1, 0.15) is 24.4 Å². The van der Waals surface area contributed by atoms with Gasteiger partial charge in [0.15, 0.2) is 0 Å². The first-order chi connectivity index (χ1) is 7.88. The summed E-state index contributed by atoms with van der Waals surface area (Å²) in [4.78, 5) is 2.48. The van der Waals surface area contributed by atoms with E-state index in [2.05, 4.69) is 10.2 Å². The van der Waals surface area contributed by atoms with Gasteiger partial charge in [-0.2, -0.15) is 0 Å². The van der Waals surface area contributed by atoms with Crippen molar-refractivity contribution >= 4 is 0 Å². The van der Waals surface area contributed by atoms with Crippen molar-refractivity contribution in [2.75, 3.05) is 26.2 Å². The van der Waals surface area contributed by atoms with Gasteiger partial charge in [0.25, 0.3) is 0 Å². The molecule has 90 valence electrons. The van der Waals surface area contributed by atoms with E-state index < -0.39 is 0 Å². The number of likely N-dealkylation sites (tertiary alicyclic amines) is 1. The quantitative estimate of drug-likeness (QED) is 0.707. The number of furan rings is 1. The van der Waals surface area contributed by atoms with Crippen LogP contribution in [0.4, 0.5) is 0 Å². The maximum atomic E-state index is 8.85. The normalized spacial score (nSPS) is 17.1. The summed E-state index contributed by atoms with van der Waals surface area (Å²) in [6.45, 7) is 5.33. The van der Waals surface area contributed by atoms with E-state index in [9.17, 15) is 0 Å². The molecule has 0 amide bonds. The smallest absolute Gasteiger partial charge is 0.129 e. The fourth-order valence-corrected chi connectivity index (χ4v) is 2.06. The Kier molecular flexibility index (Phi) is 4.39. The molecule has 2 heterocycles. The van der Waals surface area contributed by atoms with Gasteiger partial charge in [-0.3, -0.25) is 0 Å². The zero-order valence-electron chi connectivity index (χ0n) is 9.61. The molecule has 1 aromatic heterocycles. The van der Waals surface area contributed by atoms with Crippen LogP contribution in [0.3, 0.4) is 0 Å². The van der Waals surface area contributed by atoms with Gasteiger partial charge in [-0.1, -0.05) is 0 Å². The molecule has 4 nitrogen and oxygen atoms in total. The Morgan fingerprint density at radius 3 is 2.69 bits per heavy atom. The topological polar surface area (TPSA) is 48.6 Å². The highest BCUT2D eigenvalue weighted by molar-refractivity contribution is 5.05. The van der Waals surface area contributed by atoms with E-state index in [-0.39, 0.29) is 6.61 Å². The first-order valence-corrected chi connectivity index (χ1v) is 6.00. The second kappa shape index (κ2) is 6.03. The molecule has 16 heavy (non-hydrogen) atoms. The lowest BCUT2D eigenvalue weighted by atomic mass is 10.4. The minimum atomic E-state index is -0.0201. The Hall–Kier alpha value is -0.840. The van der Waals surface area contributed by atoms with Gasteiger partial charge >= 0.3 is 0 Å².